The van der Waals surface area contributed by atoms with Gasteiger partial charge < -0.3 is 11.1 Å². The molecule has 0 bridgehead atoms. The van der Waals surface area contributed by atoms with Crippen molar-refractivity contribution in [3.05, 3.63) is 71.8 Å². The van der Waals surface area contributed by atoms with Gasteiger partial charge in [0, 0.05) is 28.8 Å². The van der Waals surface area contributed by atoms with Crippen LogP contribution in [-0.4, -0.2) is 29.6 Å². The summed E-state index contributed by atoms with van der Waals surface area (Å²) in [6.07, 6.45) is 2.36. The van der Waals surface area contributed by atoms with Crippen LogP contribution in [0, 0.1) is 17.1 Å². The summed E-state index contributed by atoms with van der Waals surface area (Å²) in [6.45, 7) is 1.82. The minimum absolute atomic E-state index is 0.0388. The van der Waals surface area contributed by atoms with E-state index in [0.717, 1.165) is 6.26 Å². The van der Waals surface area contributed by atoms with E-state index in [4.69, 9.17) is 5.73 Å². The van der Waals surface area contributed by atoms with Gasteiger partial charge in [-0.1, -0.05) is 18.2 Å². The molecule has 0 saturated carbocycles. The Morgan fingerprint density at radius 2 is 1.91 bits per heavy atom. The number of nitrogens with zero attached hydrogens (tertiary/aromatic N) is 4. The number of nitrogens with one attached hydrogen (secondary N) is 1. The second-order valence-electron chi connectivity index (χ2n) is 7.49. The molecule has 3 N–H and O–H groups in total. The summed E-state index contributed by atoms with van der Waals surface area (Å²) >= 11 is 0. The molecule has 1 atom stereocenters. The Labute approximate surface area is 189 Å². The summed E-state index contributed by atoms with van der Waals surface area (Å²) in [5.41, 5.74) is 7.66. The van der Waals surface area contributed by atoms with Crippen molar-refractivity contribution in [1.29, 1.82) is 5.26 Å². The number of nitrogen functional groups attached to an aromatic ring is 1. The lowest BCUT2D eigenvalue weighted by molar-refractivity contribution is 0.602. The summed E-state index contributed by atoms with van der Waals surface area (Å²) in [5.74, 6) is -0.178. The predicted molar refractivity (Wildman–Crippen MR) is 123 cm³/mol. The summed E-state index contributed by atoms with van der Waals surface area (Å²) < 4.78 is 38.8. The number of aromatic nitrogens is 3. The van der Waals surface area contributed by atoms with Crippen molar-refractivity contribution in [1.82, 2.24) is 15.0 Å². The highest BCUT2D eigenvalue weighted by atomic mass is 32.2. The lowest BCUT2D eigenvalue weighted by atomic mass is 9.98. The van der Waals surface area contributed by atoms with Gasteiger partial charge in [0.05, 0.1) is 22.1 Å². The zero-order chi connectivity index (χ0) is 23.8. The topological polar surface area (TPSA) is 135 Å². The van der Waals surface area contributed by atoms with Crippen molar-refractivity contribution in [2.45, 2.75) is 17.9 Å². The van der Waals surface area contributed by atoms with Crippen LogP contribution in [0.5, 0.6) is 0 Å². The minimum Gasteiger partial charge on any atom is -0.382 e. The molecule has 8 nitrogen and oxygen atoms in total. The number of hydrogen-bond donors (Lipinski definition) is 2. The number of anilines is 2. The third-order valence-electron chi connectivity index (χ3n) is 5.16. The fourth-order valence-electron chi connectivity index (χ4n) is 3.59. The highest BCUT2D eigenvalue weighted by molar-refractivity contribution is 7.90. The van der Waals surface area contributed by atoms with Gasteiger partial charge in [-0.2, -0.15) is 5.26 Å². The van der Waals surface area contributed by atoms with Gasteiger partial charge >= 0.3 is 0 Å². The molecule has 2 aromatic heterocycles. The van der Waals surface area contributed by atoms with E-state index in [1.54, 1.807) is 24.3 Å². The molecule has 4 rings (SSSR count). The van der Waals surface area contributed by atoms with E-state index in [-0.39, 0.29) is 22.1 Å². The second kappa shape index (κ2) is 8.44. The number of benzene rings is 2. The first-order chi connectivity index (χ1) is 15.7. The van der Waals surface area contributed by atoms with E-state index >= 15 is 0 Å². The number of halogens is 1. The van der Waals surface area contributed by atoms with Crippen LogP contribution in [0.3, 0.4) is 0 Å². The van der Waals surface area contributed by atoms with E-state index in [2.05, 4.69) is 20.3 Å². The molecular weight excluding hydrogens is 443 g/mol. The molecule has 4 aromatic rings. The van der Waals surface area contributed by atoms with E-state index in [9.17, 15) is 18.1 Å². The van der Waals surface area contributed by atoms with Crippen molar-refractivity contribution in [2.75, 3.05) is 17.3 Å². The van der Waals surface area contributed by atoms with Crippen molar-refractivity contribution in [2.24, 2.45) is 0 Å². The van der Waals surface area contributed by atoms with Crippen LogP contribution in [0.25, 0.3) is 22.2 Å². The smallest absolute Gasteiger partial charge is 0.176 e. The molecule has 0 fully saturated rings. The number of sulfone groups is 1. The van der Waals surface area contributed by atoms with Gasteiger partial charge in [-0.25, -0.2) is 27.8 Å². The summed E-state index contributed by atoms with van der Waals surface area (Å²) in [5, 5.41) is 13.3. The lowest BCUT2D eigenvalue weighted by Gasteiger charge is -2.21. The zero-order valence-electron chi connectivity index (χ0n) is 17.7. The Morgan fingerprint density at radius 1 is 1.15 bits per heavy atom. The van der Waals surface area contributed by atoms with Crippen LogP contribution in [0.15, 0.2) is 59.8 Å². The third kappa shape index (κ3) is 4.31. The van der Waals surface area contributed by atoms with Gasteiger partial charge in [0.15, 0.2) is 9.84 Å². The summed E-state index contributed by atoms with van der Waals surface area (Å²) in [7, 11) is -3.58. The standard InChI is InChI=1S/C23H19FN6O2S/c1-13(29-23-18(11-25)22(26)27-12-28-23)17-9-14-7-8-15(24)10-19(14)30-21(17)16-5-3-4-6-20(16)33(2,31)32/h3-10,12-13H,1-2H3,(H3,26,27,28,29)/t13-/m0/s1. The third-order valence-corrected chi connectivity index (χ3v) is 6.31. The van der Waals surface area contributed by atoms with Crippen molar-refractivity contribution < 1.29 is 12.8 Å². The number of fused-ring (bicyclic) bond motifs is 1. The molecule has 2 aromatic carbocycles. The van der Waals surface area contributed by atoms with Crippen LogP contribution < -0.4 is 11.1 Å². The molecule has 166 valence electrons. The largest absolute Gasteiger partial charge is 0.382 e. The van der Waals surface area contributed by atoms with E-state index < -0.39 is 21.7 Å². The maximum atomic E-state index is 13.9. The molecule has 10 heteroatoms. The average molecular weight is 463 g/mol. The first kappa shape index (κ1) is 22.1. The highest BCUT2D eigenvalue weighted by Crippen LogP contribution is 2.35. The number of pyridine rings is 1. The molecule has 33 heavy (non-hydrogen) atoms. The number of rotatable bonds is 5. The van der Waals surface area contributed by atoms with Gasteiger partial charge in [-0.3, -0.25) is 0 Å². The predicted octanol–water partition coefficient (Wildman–Crippen LogP) is 3.86. The maximum Gasteiger partial charge on any atom is 0.176 e. The normalized spacial score (nSPS) is 12.3. The van der Waals surface area contributed by atoms with Crippen LogP contribution in [0.4, 0.5) is 16.0 Å². The zero-order valence-corrected chi connectivity index (χ0v) is 18.6. The molecule has 2 heterocycles. The monoisotopic (exact) mass is 462 g/mol. The fourth-order valence-corrected chi connectivity index (χ4v) is 4.48. The molecule has 0 unspecified atom stereocenters. The van der Waals surface area contributed by atoms with Crippen LogP contribution in [0.2, 0.25) is 0 Å². The Bertz CT molecular complexity index is 1530. The summed E-state index contributed by atoms with van der Waals surface area (Å²) in [6, 6.07) is 14.0. The SMILES string of the molecule is C[C@H](Nc1ncnc(N)c1C#N)c1cc2ccc(F)cc2nc1-c1ccccc1S(C)(=O)=O. The number of hydrogen-bond acceptors (Lipinski definition) is 8. The molecule has 0 amide bonds. The molecule has 0 saturated heterocycles. The van der Waals surface area contributed by atoms with Gasteiger partial charge in [-0.15, -0.1) is 0 Å². The van der Waals surface area contributed by atoms with Crippen LogP contribution in [0.1, 0.15) is 24.1 Å². The molecular formula is C23H19FN6O2S. The van der Waals surface area contributed by atoms with Crippen LogP contribution in [-0.2, 0) is 9.84 Å². The Kier molecular flexibility index (Phi) is 5.66. The number of nitriles is 1. The average Bonchev–Trinajstić information content (AvgIpc) is 2.77. The second-order valence-corrected chi connectivity index (χ2v) is 9.48. The van der Waals surface area contributed by atoms with E-state index in [0.29, 0.717) is 27.7 Å². The van der Waals surface area contributed by atoms with Crippen LogP contribution >= 0.6 is 0 Å². The van der Waals surface area contributed by atoms with Crippen molar-refractivity contribution in [3.8, 4) is 17.3 Å². The first-order valence-electron chi connectivity index (χ1n) is 9.86. The highest BCUT2D eigenvalue weighted by Gasteiger charge is 2.22. The Morgan fingerprint density at radius 3 is 2.64 bits per heavy atom. The van der Waals surface area contributed by atoms with Crippen molar-refractivity contribution >= 4 is 32.4 Å². The van der Waals surface area contributed by atoms with Gasteiger partial charge in [0.2, 0.25) is 0 Å². The molecule has 0 aliphatic rings. The first-order valence-corrected chi connectivity index (χ1v) is 11.7. The van der Waals surface area contributed by atoms with E-state index in [1.807, 2.05) is 19.1 Å². The summed E-state index contributed by atoms with van der Waals surface area (Å²) in [4.78, 5) is 12.7. The molecule has 0 radical (unpaired) electrons. The minimum atomic E-state index is -3.58. The lowest BCUT2D eigenvalue weighted by Crippen LogP contribution is -2.13. The molecule has 0 aliphatic heterocycles. The maximum absolute atomic E-state index is 13.9. The fraction of sp³-hybridized carbons (Fsp3) is 0.130. The Hall–Kier alpha value is -4.10. The van der Waals surface area contributed by atoms with E-state index in [1.165, 1.54) is 24.5 Å². The quantitative estimate of drug-likeness (QED) is 0.456. The van der Waals surface area contributed by atoms with Gasteiger partial charge in [0.25, 0.3) is 0 Å². The van der Waals surface area contributed by atoms with Gasteiger partial charge in [-0.05, 0) is 31.2 Å². The Balaban J connectivity index is 1.95. The molecule has 0 spiro atoms. The number of nitrogens with two attached hydrogens (primary N) is 1. The van der Waals surface area contributed by atoms with Crippen molar-refractivity contribution in [3.63, 3.8) is 0 Å². The molecule has 0 aliphatic carbocycles. The van der Waals surface area contributed by atoms with Gasteiger partial charge in [0.1, 0.15) is 35.4 Å².